The number of carbonyl (C=O) groups is 1. The monoisotopic (exact) mass is 345 g/mol. The standard InChI is InChI=1S/C16H21Cl2NO3/c1-11(20)12-6-7-19(10-12)16(21)3-2-8-22-15-5-4-13(17)9-14(15)18/h4-5,9,11-12,20H,2-3,6-8,10H2,1H3. The van der Waals surface area contributed by atoms with Crippen molar-refractivity contribution in [1.82, 2.24) is 4.90 Å². The number of ether oxygens (including phenoxy) is 1. The Hall–Kier alpha value is -0.970. The van der Waals surface area contributed by atoms with Crippen molar-refractivity contribution in [2.24, 2.45) is 5.92 Å². The van der Waals surface area contributed by atoms with Crippen molar-refractivity contribution in [3.63, 3.8) is 0 Å². The molecule has 1 aliphatic heterocycles. The summed E-state index contributed by atoms with van der Waals surface area (Å²) in [6.07, 6.45) is 1.60. The van der Waals surface area contributed by atoms with Gasteiger partial charge in [0, 0.05) is 30.5 Å². The zero-order chi connectivity index (χ0) is 16.1. The topological polar surface area (TPSA) is 49.8 Å². The lowest BCUT2D eigenvalue weighted by Crippen LogP contribution is -2.30. The number of rotatable bonds is 6. The molecule has 1 aromatic rings. The van der Waals surface area contributed by atoms with Gasteiger partial charge in [-0.3, -0.25) is 4.79 Å². The van der Waals surface area contributed by atoms with Gasteiger partial charge in [-0.15, -0.1) is 0 Å². The van der Waals surface area contributed by atoms with Crippen LogP contribution in [0, 0.1) is 5.92 Å². The molecule has 0 aromatic heterocycles. The van der Waals surface area contributed by atoms with Gasteiger partial charge in [0.1, 0.15) is 5.75 Å². The number of nitrogens with zero attached hydrogens (tertiary/aromatic N) is 1. The summed E-state index contributed by atoms with van der Waals surface area (Å²) in [5.74, 6) is 0.899. The highest BCUT2D eigenvalue weighted by Crippen LogP contribution is 2.27. The maximum Gasteiger partial charge on any atom is 0.222 e. The molecular weight excluding hydrogens is 325 g/mol. The van der Waals surface area contributed by atoms with Crippen molar-refractivity contribution < 1.29 is 14.6 Å². The molecule has 0 bridgehead atoms. The van der Waals surface area contributed by atoms with E-state index < -0.39 is 0 Å². The maximum absolute atomic E-state index is 12.1. The molecule has 0 aliphatic carbocycles. The van der Waals surface area contributed by atoms with Crippen LogP contribution >= 0.6 is 23.2 Å². The van der Waals surface area contributed by atoms with Gasteiger partial charge < -0.3 is 14.7 Å². The van der Waals surface area contributed by atoms with E-state index in [9.17, 15) is 9.90 Å². The lowest BCUT2D eigenvalue weighted by Gasteiger charge is -2.17. The van der Waals surface area contributed by atoms with Crippen LogP contribution in [0.3, 0.4) is 0 Å². The predicted octanol–water partition coefficient (Wildman–Crippen LogP) is 3.38. The van der Waals surface area contributed by atoms with Crippen molar-refractivity contribution in [3.05, 3.63) is 28.2 Å². The Balaban J connectivity index is 1.69. The normalized spacial score (nSPS) is 19.3. The van der Waals surface area contributed by atoms with E-state index in [4.69, 9.17) is 27.9 Å². The van der Waals surface area contributed by atoms with Gasteiger partial charge in [-0.25, -0.2) is 0 Å². The first-order valence-electron chi connectivity index (χ1n) is 7.51. The van der Waals surface area contributed by atoms with Crippen molar-refractivity contribution in [3.8, 4) is 5.75 Å². The Labute approximate surface area is 141 Å². The SMILES string of the molecule is CC(O)C1CCN(C(=O)CCCOc2ccc(Cl)cc2Cl)C1. The first-order valence-corrected chi connectivity index (χ1v) is 8.26. The van der Waals surface area contributed by atoms with Crippen LogP contribution in [0.5, 0.6) is 5.75 Å². The highest BCUT2D eigenvalue weighted by molar-refractivity contribution is 6.35. The van der Waals surface area contributed by atoms with E-state index in [0.29, 0.717) is 41.8 Å². The summed E-state index contributed by atoms with van der Waals surface area (Å²) in [4.78, 5) is 13.9. The number of hydrogen-bond donors (Lipinski definition) is 1. The van der Waals surface area contributed by atoms with Crippen LogP contribution in [-0.2, 0) is 4.79 Å². The zero-order valence-electron chi connectivity index (χ0n) is 12.6. The molecule has 1 aromatic carbocycles. The largest absolute Gasteiger partial charge is 0.492 e. The molecule has 22 heavy (non-hydrogen) atoms. The third-order valence-corrected chi connectivity index (χ3v) is 4.48. The first kappa shape index (κ1) is 17.4. The Morgan fingerprint density at radius 2 is 2.27 bits per heavy atom. The highest BCUT2D eigenvalue weighted by Gasteiger charge is 2.28. The van der Waals surface area contributed by atoms with Gasteiger partial charge in [-0.2, -0.15) is 0 Å². The van der Waals surface area contributed by atoms with E-state index in [1.54, 1.807) is 25.1 Å². The maximum atomic E-state index is 12.1. The quantitative estimate of drug-likeness (QED) is 0.804. The predicted molar refractivity (Wildman–Crippen MR) is 87.6 cm³/mol. The van der Waals surface area contributed by atoms with E-state index in [1.165, 1.54) is 0 Å². The van der Waals surface area contributed by atoms with Crippen LogP contribution in [0.25, 0.3) is 0 Å². The average Bonchev–Trinajstić information content (AvgIpc) is 2.95. The molecular formula is C16H21Cl2NO3. The molecule has 122 valence electrons. The molecule has 0 radical (unpaired) electrons. The molecule has 1 heterocycles. The summed E-state index contributed by atoms with van der Waals surface area (Å²) < 4.78 is 5.56. The summed E-state index contributed by atoms with van der Waals surface area (Å²) >= 11 is 11.8. The van der Waals surface area contributed by atoms with E-state index >= 15 is 0 Å². The molecule has 1 aliphatic rings. The minimum Gasteiger partial charge on any atom is -0.492 e. The number of aliphatic hydroxyl groups is 1. The van der Waals surface area contributed by atoms with E-state index in [0.717, 1.165) is 13.0 Å². The van der Waals surface area contributed by atoms with Crippen LogP contribution in [0.4, 0.5) is 0 Å². The van der Waals surface area contributed by atoms with Crippen LogP contribution in [0.15, 0.2) is 18.2 Å². The number of benzene rings is 1. The first-order chi connectivity index (χ1) is 10.5. The van der Waals surface area contributed by atoms with Crippen LogP contribution in [-0.4, -0.2) is 41.7 Å². The molecule has 2 rings (SSSR count). The molecule has 1 N–H and O–H groups in total. The molecule has 1 amide bonds. The minimum absolute atomic E-state index is 0.119. The van der Waals surface area contributed by atoms with Crippen molar-refractivity contribution in [1.29, 1.82) is 0 Å². The molecule has 6 heteroatoms. The fraction of sp³-hybridized carbons (Fsp3) is 0.562. The Bertz CT molecular complexity index is 522. The second-order valence-electron chi connectivity index (χ2n) is 5.66. The Morgan fingerprint density at radius 3 is 2.91 bits per heavy atom. The fourth-order valence-corrected chi connectivity index (χ4v) is 3.03. The molecule has 1 saturated heterocycles. The third kappa shape index (κ3) is 4.77. The Morgan fingerprint density at radius 1 is 1.50 bits per heavy atom. The summed E-state index contributed by atoms with van der Waals surface area (Å²) in [5, 5.41) is 10.6. The van der Waals surface area contributed by atoms with E-state index in [1.807, 2.05) is 4.90 Å². The average molecular weight is 346 g/mol. The summed E-state index contributed by atoms with van der Waals surface area (Å²) in [6.45, 7) is 3.60. The molecule has 2 atom stereocenters. The smallest absolute Gasteiger partial charge is 0.222 e. The minimum atomic E-state index is -0.354. The number of aliphatic hydroxyl groups excluding tert-OH is 1. The number of halogens is 2. The molecule has 2 unspecified atom stereocenters. The second kappa shape index (κ2) is 8.04. The van der Waals surface area contributed by atoms with Gasteiger partial charge in [-0.1, -0.05) is 23.2 Å². The van der Waals surface area contributed by atoms with Gasteiger partial charge in [0.2, 0.25) is 5.91 Å². The van der Waals surface area contributed by atoms with Gasteiger partial charge >= 0.3 is 0 Å². The van der Waals surface area contributed by atoms with Crippen LogP contribution < -0.4 is 4.74 Å². The lowest BCUT2D eigenvalue weighted by atomic mass is 10.0. The van der Waals surface area contributed by atoms with Crippen molar-refractivity contribution >= 4 is 29.1 Å². The molecule has 4 nitrogen and oxygen atoms in total. The summed E-state index contributed by atoms with van der Waals surface area (Å²) in [6, 6.07) is 5.07. The van der Waals surface area contributed by atoms with Crippen molar-refractivity contribution in [2.45, 2.75) is 32.3 Å². The zero-order valence-corrected chi connectivity index (χ0v) is 14.1. The number of hydrogen-bond acceptors (Lipinski definition) is 3. The molecule has 0 spiro atoms. The summed E-state index contributed by atoms with van der Waals surface area (Å²) in [5.41, 5.74) is 0. The van der Waals surface area contributed by atoms with Crippen molar-refractivity contribution in [2.75, 3.05) is 19.7 Å². The van der Waals surface area contributed by atoms with Gasteiger partial charge in [-0.05, 0) is 38.0 Å². The fourth-order valence-electron chi connectivity index (χ4n) is 2.56. The lowest BCUT2D eigenvalue weighted by molar-refractivity contribution is -0.130. The van der Waals surface area contributed by atoms with E-state index in [2.05, 4.69) is 0 Å². The van der Waals surface area contributed by atoms with Crippen LogP contribution in [0.2, 0.25) is 10.0 Å². The Kier molecular flexibility index (Phi) is 6.36. The number of likely N-dealkylation sites (tertiary alicyclic amines) is 1. The van der Waals surface area contributed by atoms with E-state index in [-0.39, 0.29) is 17.9 Å². The highest BCUT2D eigenvalue weighted by atomic mass is 35.5. The van der Waals surface area contributed by atoms with Gasteiger partial charge in [0.25, 0.3) is 0 Å². The second-order valence-corrected chi connectivity index (χ2v) is 6.50. The number of carbonyl (C=O) groups excluding carboxylic acids is 1. The van der Waals surface area contributed by atoms with Crippen LogP contribution in [0.1, 0.15) is 26.2 Å². The molecule has 0 saturated carbocycles. The van der Waals surface area contributed by atoms with Gasteiger partial charge in [0.05, 0.1) is 17.7 Å². The summed E-state index contributed by atoms with van der Waals surface area (Å²) in [7, 11) is 0. The number of amides is 1. The third-order valence-electron chi connectivity index (χ3n) is 3.95. The van der Waals surface area contributed by atoms with Gasteiger partial charge in [0.15, 0.2) is 0 Å². The molecule has 1 fully saturated rings.